The molecule has 0 aliphatic carbocycles. The maximum atomic E-state index is 13.0. The van der Waals surface area contributed by atoms with E-state index in [1.807, 2.05) is 29.2 Å². The zero-order chi connectivity index (χ0) is 18.6. The van der Waals surface area contributed by atoms with Crippen molar-refractivity contribution in [3.63, 3.8) is 0 Å². The Hall–Kier alpha value is -2.04. The van der Waals surface area contributed by atoms with Crippen LogP contribution in [0, 0.1) is 17.8 Å². The summed E-state index contributed by atoms with van der Waals surface area (Å²) in [4.78, 5) is 29.0. The number of carbonyl (C=O) groups excluding carboxylic acids is 2. The van der Waals surface area contributed by atoms with Gasteiger partial charge < -0.3 is 14.5 Å². The fourth-order valence-corrected chi connectivity index (χ4v) is 3.28. The van der Waals surface area contributed by atoms with Gasteiger partial charge in [-0.05, 0) is 36.1 Å². The van der Waals surface area contributed by atoms with Crippen LogP contribution in [0.1, 0.15) is 34.1 Å². The zero-order valence-corrected chi connectivity index (χ0v) is 16.0. The lowest BCUT2D eigenvalue weighted by atomic mass is 10.0. The predicted octanol–water partition coefficient (Wildman–Crippen LogP) is 3.19. The van der Waals surface area contributed by atoms with Gasteiger partial charge in [0.15, 0.2) is 0 Å². The van der Waals surface area contributed by atoms with Gasteiger partial charge in [0, 0.05) is 31.7 Å². The number of benzene rings is 1. The summed E-state index contributed by atoms with van der Waals surface area (Å²) in [7, 11) is 1.61. The molecule has 0 N–H and O–H groups in total. The van der Waals surface area contributed by atoms with E-state index in [0.717, 1.165) is 24.5 Å². The third kappa shape index (κ3) is 4.97. The summed E-state index contributed by atoms with van der Waals surface area (Å²) in [6.07, 6.45) is 0.289. The predicted molar refractivity (Wildman–Crippen MR) is 99.7 cm³/mol. The van der Waals surface area contributed by atoms with Crippen LogP contribution in [0.5, 0.6) is 5.75 Å². The van der Waals surface area contributed by atoms with Crippen molar-refractivity contribution in [2.45, 2.75) is 34.1 Å². The van der Waals surface area contributed by atoms with Crippen LogP contribution in [-0.4, -0.2) is 43.5 Å². The smallest absolute Gasteiger partial charge is 0.228 e. The van der Waals surface area contributed by atoms with Crippen LogP contribution in [0.4, 0.5) is 5.69 Å². The molecule has 1 aliphatic rings. The molecule has 1 heterocycles. The van der Waals surface area contributed by atoms with Crippen molar-refractivity contribution in [1.82, 2.24) is 4.90 Å². The molecule has 5 heteroatoms. The van der Waals surface area contributed by atoms with Crippen LogP contribution in [0.3, 0.4) is 0 Å². The molecular weight excluding hydrogens is 316 g/mol. The largest absolute Gasteiger partial charge is 0.497 e. The molecule has 0 saturated carbocycles. The van der Waals surface area contributed by atoms with E-state index in [1.54, 1.807) is 12.0 Å². The Kier molecular flexibility index (Phi) is 6.45. The summed E-state index contributed by atoms with van der Waals surface area (Å²) in [6.45, 7) is 10.4. The van der Waals surface area contributed by atoms with E-state index in [-0.39, 0.29) is 24.2 Å². The second-order valence-electron chi connectivity index (χ2n) is 7.63. The quantitative estimate of drug-likeness (QED) is 0.762. The number of carbonyl (C=O) groups is 2. The number of amides is 2. The summed E-state index contributed by atoms with van der Waals surface area (Å²) in [6, 6.07) is 7.40. The van der Waals surface area contributed by atoms with Crippen LogP contribution >= 0.6 is 0 Å². The van der Waals surface area contributed by atoms with E-state index >= 15 is 0 Å². The molecule has 0 aromatic heterocycles. The van der Waals surface area contributed by atoms with Crippen molar-refractivity contribution in [3.8, 4) is 5.75 Å². The van der Waals surface area contributed by atoms with Gasteiger partial charge in [-0.2, -0.15) is 0 Å². The Morgan fingerprint density at radius 1 is 1.16 bits per heavy atom. The highest BCUT2D eigenvalue weighted by Gasteiger charge is 2.37. The highest BCUT2D eigenvalue weighted by Crippen LogP contribution is 2.28. The highest BCUT2D eigenvalue weighted by molar-refractivity contribution is 6.00. The monoisotopic (exact) mass is 346 g/mol. The lowest BCUT2D eigenvalue weighted by Gasteiger charge is -2.28. The Bertz CT molecular complexity index is 585. The zero-order valence-electron chi connectivity index (χ0n) is 16.0. The molecule has 1 atom stereocenters. The second kappa shape index (κ2) is 8.37. The van der Waals surface area contributed by atoms with Crippen LogP contribution in [0.15, 0.2) is 24.3 Å². The highest BCUT2D eigenvalue weighted by atomic mass is 16.5. The van der Waals surface area contributed by atoms with Crippen molar-refractivity contribution in [2.75, 3.05) is 31.6 Å². The van der Waals surface area contributed by atoms with Gasteiger partial charge in [-0.1, -0.05) is 27.7 Å². The molecular formula is C20H30N2O3. The molecule has 1 aliphatic heterocycles. The minimum atomic E-state index is -0.257. The fourth-order valence-electron chi connectivity index (χ4n) is 3.28. The van der Waals surface area contributed by atoms with Crippen molar-refractivity contribution in [3.05, 3.63) is 24.3 Å². The Morgan fingerprint density at radius 3 is 2.20 bits per heavy atom. The van der Waals surface area contributed by atoms with Gasteiger partial charge in [0.05, 0.1) is 13.0 Å². The van der Waals surface area contributed by atoms with Gasteiger partial charge in [-0.3, -0.25) is 9.59 Å². The number of hydrogen-bond acceptors (Lipinski definition) is 3. The normalized spacial score (nSPS) is 17.5. The van der Waals surface area contributed by atoms with Gasteiger partial charge in [0.25, 0.3) is 0 Å². The minimum absolute atomic E-state index is 0.0116. The molecule has 1 fully saturated rings. The van der Waals surface area contributed by atoms with Gasteiger partial charge in [0.1, 0.15) is 5.75 Å². The Morgan fingerprint density at radius 2 is 1.72 bits per heavy atom. The summed E-state index contributed by atoms with van der Waals surface area (Å²) in [5.41, 5.74) is 0.820. The molecule has 1 unspecified atom stereocenters. The molecule has 1 aromatic rings. The molecule has 1 aromatic carbocycles. The van der Waals surface area contributed by atoms with Crippen LogP contribution in [0.25, 0.3) is 0 Å². The fraction of sp³-hybridized carbons (Fsp3) is 0.600. The lowest BCUT2D eigenvalue weighted by molar-refractivity contribution is -0.136. The first kappa shape index (κ1) is 19.3. The number of anilines is 1. The minimum Gasteiger partial charge on any atom is -0.497 e. The average molecular weight is 346 g/mol. The summed E-state index contributed by atoms with van der Waals surface area (Å²) in [5, 5.41) is 0. The van der Waals surface area contributed by atoms with Gasteiger partial charge in [-0.25, -0.2) is 0 Å². The third-order valence-electron chi connectivity index (χ3n) is 4.34. The number of ether oxygens (including phenoxy) is 1. The van der Waals surface area contributed by atoms with E-state index in [2.05, 4.69) is 27.7 Å². The molecule has 0 radical (unpaired) electrons. The van der Waals surface area contributed by atoms with Gasteiger partial charge >= 0.3 is 0 Å². The molecule has 2 amide bonds. The third-order valence-corrected chi connectivity index (χ3v) is 4.34. The van der Waals surface area contributed by atoms with E-state index < -0.39 is 0 Å². The molecule has 25 heavy (non-hydrogen) atoms. The van der Waals surface area contributed by atoms with Crippen molar-refractivity contribution < 1.29 is 14.3 Å². The van der Waals surface area contributed by atoms with Crippen LogP contribution in [-0.2, 0) is 9.59 Å². The SMILES string of the molecule is COc1ccc(N2CC(C(=O)N(CC(C)C)CC(C)C)CC2=O)cc1. The van der Waals surface area contributed by atoms with Crippen molar-refractivity contribution >= 4 is 17.5 Å². The number of rotatable bonds is 7. The first-order valence-corrected chi connectivity index (χ1v) is 9.05. The molecule has 1 saturated heterocycles. The average Bonchev–Trinajstić information content (AvgIpc) is 2.94. The second-order valence-corrected chi connectivity index (χ2v) is 7.63. The molecule has 2 rings (SSSR count). The van der Waals surface area contributed by atoms with Crippen LogP contribution in [0.2, 0.25) is 0 Å². The van der Waals surface area contributed by atoms with E-state index in [9.17, 15) is 9.59 Å². The maximum absolute atomic E-state index is 13.0. The van der Waals surface area contributed by atoms with Crippen molar-refractivity contribution in [1.29, 1.82) is 0 Å². The Labute approximate surface area is 150 Å². The first-order chi connectivity index (χ1) is 11.8. The Balaban J connectivity index is 2.09. The van der Waals surface area contributed by atoms with Gasteiger partial charge in [-0.15, -0.1) is 0 Å². The van der Waals surface area contributed by atoms with Gasteiger partial charge in [0.2, 0.25) is 11.8 Å². The number of hydrogen-bond donors (Lipinski definition) is 0. The van der Waals surface area contributed by atoms with Crippen molar-refractivity contribution in [2.24, 2.45) is 17.8 Å². The van der Waals surface area contributed by atoms with Crippen LogP contribution < -0.4 is 9.64 Å². The van der Waals surface area contributed by atoms with E-state index in [4.69, 9.17) is 4.74 Å². The number of nitrogens with zero attached hydrogens (tertiary/aromatic N) is 2. The summed E-state index contributed by atoms with van der Waals surface area (Å²) < 4.78 is 5.16. The summed E-state index contributed by atoms with van der Waals surface area (Å²) >= 11 is 0. The standard InChI is InChI=1S/C20H30N2O3/c1-14(2)11-21(12-15(3)4)20(24)16-10-19(23)22(13-16)17-6-8-18(25-5)9-7-17/h6-9,14-16H,10-13H2,1-5H3. The lowest BCUT2D eigenvalue weighted by Crippen LogP contribution is -2.41. The number of methoxy groups -OCH3 is 1. The molecule has 0 spiro atoms. The summed E-state index contributed by atoms with van der Waals surface area (Å²) in [5.74, 6) is 1.44. The van der Waals surface area contributed by atoms with E-state index in [0.29, 0.717) is 18.4 Å². The molecule has 138 valence electrons. The maximum Gasteiger partial charge on any atom is 0.228 e. The van der Waals surface area contributed by atoms with E-state index in [1.165, 1.54) is 0 Å². The topological polar surface area (TPSA) is 49.9 Å². The molecule has 0 bridgehead atoms. The molecule has 5 nitrogen and oxygen atoms in total. The first-order valence-electron chi connectivity index (χ1n) is 9.05.